The van der Waals surface area contributed by atoms with Crippen LogP contribution in [-0.2, 0) is 6.54 Å². The lowest BCUT2D eigenvalue weighted by molar-refractivity contribution is 0.178. The molecule has 0 aromatic carbocycles. The molecule has 2 aromatic rings. The average Bonchev–Trinajstić information content (AvgIpc) is 2.63. The zero-order valence-corrected chi connectivity index (χ0v) is 13.9. The molecule has 3 rings (SSSR count). The first-order valence-corrected chi connectivity index (χ1v) is 7.91. The van der Waals surface area contributed by atoms with Crippen LogP contribution in [0.25, 0.3) is 0 Å². The zero-order valence-electron chi connectivity index (χ0n) is 13.9. The van der Waals surface area contributed by atoms with Gasteiger partial charge in [-0.1, -0.05) is 6.07 Å². The predicted octanol–water partition coefficient (Wildman–Crippen LogP) is 1.46. The van der Waals surface area contributed by atoms with E-state index in [4.69, 9.17) is 4.74 Å². The van der Waals surface area contributed by atoms with E-state index in [9.17, 15) is 5.26 Å². The van der Waals surface area contributed by atoms with Crippen LogP contribution in [0.15, 0.2) is 30.6 Å². The maximum atomic E-state index is 9.20. The topological polar surface area (TPSA) is 78.2 Å². The van der Waals surface area contributed by atoms with Crippen molar-refractivity contribution in [2.75, 3.05) is 31.6 Å². The van der Waals surface area contributed by atoms with E-state index in [-0.39, 0.29) is 0 Å². The minimum absolute atomic E-state index is 0.320. The standard InChI is InChI=1S/C17H20N6O/c1-13-11-23(17-15(10-18)19-6-7-20-17)9-8-22(13)12-14-4-3-5-16(21-14)24-2/h3-7,13H,8-9,11-12H2,1-2H3. The summed E-state index contributed by atoms with van der Waals surface area (Å²) in [5, 5.41) is 9.20. The van der Waals surface area contributed by atoms with Gasteiger partial charge >= 0.3 is 0 Å². The van der Waals surface area contributed by atoms with E-state index in [2.05, 4.69) is 37.7 Å². The Hall–Kier alpha value is -2.72. The number of rotatable bonds is 4. The summed E-state index contributed by atoms with van der Waals surface area (Å²) in [4.78, 5) is 17.4. The van der Waals surface area contributed by atoms with Crippen LogP contribution in [0, 0.1) is 11.3 Å². The maximum absolute atomic E-state index is 9.20. The van der Waals surface area contributed by atoms with Crippen LogP contribution < -0.4 is 9.64 Å². The Morgan fingerprint density at radius 3 is 2.88 bits per heavy atom. The van der Waals surface area contributed by atoms with Crippen LogP contribution >= 0.6 is 0 Å². The molecule has 0 bridgehead atoms. The average molecular weight is 324 g/mol. The third kappa shape index (κ3) is 3.44. The molecule has 1 aliphatic heterocycles. The molecule has 3 heterocycles. The SMILES string of the molecule is COc1cccc(CN2CCN(c3nccnc3C#N)CC2C)n1. The highest BCUT2D eigenvalue weighted by Crippen LogP contribution is 2.20. The summed E-state index contributed by atoms with van der Waals surface area (Å²) >= 11 is 0. The quantitative estimate of drug-likeness (QED) is 0.842. The van der Waals surface area contributed by atoms with Crippen molar-refractivity contribution in [1.82, 2.24) is 19.9 Å². The van der Waals surface area contributed by atoms with Gasteiger partial charge in [-0.3, -0.25) is 4.90 Å². The van der Waals surface area contributed by atoms with Crippen molar-refractivity contribution < 1.29 is 4.74 Å². The van der Waals surface area contributed by atoms with Gasteiger partial charge in [0.05, 0.1) is 12.8 Å². The number of methoxy groups -OCH3 is 1. The van der Waals surface area contributed by atoms with Crippen LogP contribution in [0.1, 0.15) is 18.3 Å². The second kappa shape index (κ2) is 7.23. The lowest BCUT2D eigenvalue weighted by Gasteiger charge is -2.40. The van der Waals surface area contributed by atoms with Gasteiger partial charge in [0.15, 0.2) is 11.5 Å². The Labute approximate surface area is 141 Å². The van der Waals surface area contributed by atoms with Crippen molar-refractivity contribution >= 4 is 5.82 Å². The molecule has 0 N–H and O–H groups in total. The molecule has 1 aliphatic rings. The van der Waals surface area contributed by atoms with Crippen molar-refractivity contribution in [3.63, 3.8) is 0 Å². The van der Waals surface area contributed by atoms with Crippen molar-refractivity contribution in [3.8, 4) is 11.9 Å². The Balaban J connectivity index is 1.68. The van der Waals surface area contributed by atoms with Gasteiger partial charge in [0.1, 0.15) is 6.07 Å². The van der Waals surface area contributed by atoms with E-state index >= 15 is 0 Å². The van der Waals surface area contributed by atoms with E-state index in [0.29, 0.717) is 23.4 Å². The molecular weight excluding hydrogens is 304 g/mol. The van der Waals surface area contributed by atoms with Crippen molar-refractivity contribution in [2.45, 2.75) is 19.5 Å². The normalized spacial score (nSPS) is 18.2. The predicted molar refractivity (Wildman–Crippen MR) is 89.6 cm³/mol. The minimum atomic E-state index is 0.320. The fourth-order valence-corrected chi connectivity index (χ4v) is 2.93. The molecule has 24 heavy (non-hydrogen) atoms. The molecular formula is C17H20N6O. The third-order valence-corrected chi connectivity index (χ3v) is 4.20. The van der Waals surface area contributed by atoms with Gasteiger partial charge in [-0.05, 0) is 13.0 Å². The summed E-state index contributed by atoms with van der Waals surface area (Å²) in [6.45, 7) is 5.44. The van der Waals surface area contributed by atoms with Gasteiger partial charge in [0.2, 0.25) is 5.88 Å². The van der Waals surface area contributed by atoms with E-state index < -0.39 is 0 Å². The van der Waals surface area contributed by atoms with Gasteiger partial charge in [0, 0.05) is 50.7 Å². The highest BCUT2D eigenvalue weighted by atomic mass is 16.5. The van der Waals surface area contributed by atoms with E-state index in [1.54, 1.807) is 19.5 Å². The first-order valence-electron chi connectivity index (χ1n) is 7.91. The zero-order chi connectivity index (χ0) is 16.9. The highest BCUT2D eigenvalue weighted by molar-refractivity contribution is 5.49. The highest BCUT2D eigenvalue weighted by Gasteiger charge is 2.26. The van der Waals surface area contributed by atoms with Crippen molar-refractivity contribution in [1.29, 1.82) is 5.26 Å². The lowest BCUT2D eigenvalue weighted by atomic mass is 10.1. The molecule has 1 unspecified atom stereocenters. The number of aromatic nitrogens is 3. The van der Waals surface area contributed by atoms with E-state index in [1.165, 1.54) is 0 Å². The maximum Gasteiger partial charge on any atom is 0.213 e. The molecule has 0 amide bonds. The number of ether oxygens (including phenoxy) is 1. The molecule has 7 heteroatoms. The summed E-state index contributed by atoms with van der Waals surface area (Å²) in [6.07, 6.45) is 3.18. The van der Waals surface area contributed by atoms with Crippen molar-refractivity contribution in [3.05, 3.63) is 42.0 Å². The number of nitriles is 1. The number of nitrogens with zero attached hydrogens (tertiary/aromatic N) is 6. The van der Waals surface area contributed by atoms with Gasteiger partial charge in [-0.2, -0.15) is 5.26 Å². The lowest BCUT2D eigenvalue weighted by Crippen LogP contribution is -2.52. The van der Waals surface area contributed by atoms with Crippen molar-refractivity contribution in [2.24, 2.45) is 0 Å². The number of pyridine rings is 1. The van der Waals surface area contributed by atoms with Gasteiger partial charge in [-0.15, -0.1) is 0 Å². The van der Waals surface area contributed by atoms with Crippen LogP contribution in [0.4, 0.5) is 5.82 Å². The molecule has 0 aliphatic carbocycles. The van der Waals surface area contributed by atoms with Crippen LogP contribution in [0.2, 0.25) is 0 Å². The fraction of sp³-hybridized carbons (Fsp3) is 0.412. The molecule has 124 valence electrons. The summed E-state index contributed by atoms with van der Waals surface area (Å²) in [6, 6.07) is 8.26. The van der Waals surface area contributed by atoms with E-state index in [1.807, 2.05) is 18.2 Å². The Morgan fingerprint density at radius 2 is 2.12 bits per heavy atom. The second-order valence-corrected chi connectivity index (χ2v) is 5.78. The van der Waals surface area contributed by atoms with Gasteiger partial charge < -0.3 is 9.64 Å². The Morgan fingerprint density at radius 1 is 1.29 bits per heavy atom. The minimum Gasteiger partial charge on any atom is -0.481 e. The first kappa shape index (κ1) is 16.1. The Bertz CT molecular complexity index is 744. The number of anilines is 1. The molecule has 1 atom stereocenters. The monoisotopic (exact) mass is 324 g/mol. The van der Waals surface area contributed by atoms with Crippen LogP contribution in [0.5, 0.6) is 5.88 Å². The first-order chi connectivity index (χ1) is 11.7. The van der Waals surface area contributed by atoms with Gasteiger partial charge in [0.25, 0.3) is 0 Å². The van der Waals surface area contributed by atoms with Gasteiger partial charge in [-0.25, -0.2) is 15.0 Å². The molecule has 7 nitrogen and oxygen atoms in total. The smallest absolute Gasteiger partial charge is 0.213 e. The number of piperazine rings is 1. The number of hydrogen-bond donors (Lipinski definition) is 0. The molecule has 0 spiro atoms. The molecule has 0 saturated carbocycles. The molecule has 1 fully saturated rings. The largest absolute Gasteiger partial charge is 0.481 e. The summed E-state index contributed by atoms with van der Waals surface area (Å²) in [5.74, 6) is 1.31. The molecule has 0 radical (unpaired) electrons. The van der Waals surface area contributed by atoms with Crippen LogP contribution in [0.3, 0.4) is 0 Å². The third-order valence-electron chi connectivity index (χ3n) is 4.20. The summed E-state index contributed by atoms with van der Waals surface area (Å²) in [5.41, 5.74) is 1.37. The summed E-state index contributed by atoms with van der Waals surface area (Å²) in [7, 11) is 1.63. The van der Waals surface area contributed by atoms with E-state index in [0.717, 1.165) is 31.9 Å². The number of hydrogen-bond acceptors (Lipinski definition) is 7. The molecule has 1 saturated heterocycles. The fourth-order valence-electron chi connectivity index (χ4n) is 2.93. The molecule has 2 aromatic heterocycles. The summed E-state index contributed by atoms with van der Waals surface area (Å²) < 4.78 is 5.19. The Kier molecular flexibility index (Phi) is 4.87. The second-order valence-electron chi connectivity index (χ2n) is 5.78. The van der Waals surface area contributed by atoms with Crippen LogP contribution in [-0.4, -0.2) is 52.6 Å².